The topological polar surface area (TPSA) is 62.6 Å². The van der Waals surface area contributed by atoms with Gasteiger partial charge in [-0.2, -0.15) is 0 Å². The summed E-state index contributed by atoms with van der Waals surface area (Å²) in [5, 5.41) is 2.87. The molecular weight excluding hydrogens is 244 g/mol. The predicted octanol–water partition coefficient (Wildman–Crippen LogP) is 1.12. The number of likely N-dealkylation sites (tertiary alicyclic amines) is 1. The molecule has 5 nitrogen and oxygen atoms in total. The van der Waals surface area contributed by atoms with E-state index in [1.165, 1.54) is 0 Å². The molecule has 1 N–H and O–H groups in total. The number of carbonyl (C=O) groups is 2. The highest BCUT2D eigenvalue weighted by Crippen LogP contribution is 2.17. The quantitative estimate of drug-likeness (QED) is 0.866. The number of carbonyl (C=O) groups excluding carboxylic acids is 2. The Morgan fingerprint density at radius 2 is 2.32 bits per heavy atom. The Kier molecular flexibility index (Phi) is 4.24. The molecule has 5 heteroatoms. The first kappa shape index (κ1) is 13.6. The first-order chi connectivity index (χ1) is 9.10. The van der Waals surface area contributed by atoms with E-state index in [1.807, 2.05) is 26.0 Å². The average Bonchev–Trinajstić information content (AvgIpc) is 2.95. The monoisotopic (exact) mass is 264 g/mol. The first-order valence-electron chi connectivity index (χ1n) is 6.71. The summed E-state index contributed by atoms with van der Waals surface area (Å²) < 4.78 is 5.43. The second-order valence-electron chi connectivity index (χ2n) is 4.89. The number of nitrogens with zero attached hydrogens (tertiary/aromatic N) is 1. The Balaban J connectivity index is 1.74. The minimum absolute atomic E-state index is 0.0346. The fraction of sp³-hybridized carbons (Fsp3) is 0.571. The molecule has 104 valence electrons. The number of hydrogen-bond acceptors (Lipinski definition) is 3. The van der Waals surface area contributed by atoms with Crippen LogP contribution in [-0.4, -0.2) is 36.3 Å². The van der Waals surface area contributed by atoms with Crippen molar-refractivity contribution in [3.63, 3.8) is 0 Å². The van der Waals surface area contributed by atoms with Gasteiger partial charge in [0.15, 0.2) is 0 Å². The Bertz CT molecular complexity index is 467. The fourth-order valence-electron chi connectivity index (χ4n) is 2.33. The van der Waals surface area contributed by atoms with Crippen molar-refractivity contribution in [2.75, 3.05) is 19.6 Å². The number of nitrogens with one attached hydrogen (secondary N) is 1. The molecule has 0 saturated carbocycles. The van der Waals surface area contributed by atoms with Crippen molar-refractivity contribution < 1.29 is 14.0 Å². The van der Waals surface area contributed by atoms with Crippen LogP contribution in [0.5, 0.6) is 0 Å². The lowest BCUT2D eigenvalue weighted by Gasteiger charge is -2.13. The number of aryl methyl sites for hydroxylation is 1. The van der Waals surface area contributed by atoms with Crippen molar-refractivity contribution in [1.82, 2.24) is 10.2 Å². The van der Waals surface area contributed by atoms with Gasteiger partial charge in [0.25, 0.3) is 0 Å². The van der Waals surface area contributed by atoms with Crippen molar-refractivity contribution in [3.8, 4) is 0 Å². The van der Waals surface area contributed by atoms with Gasteiger partial charge in [0, 0.05) is 32.5 Å². The third-order valence-corrected chi connectivity index (χ3v) is 3.43. The molecule has 0 aromatic carbocycles. The summed E-state index contributed by atoms with van der Waals surface area (Å²) in [6, 6.07) is 3.82. The summed E-state index contributed by atoms with van der Waals surface area (Å²) in [6.45, 7) is 5.58. The van der Waals surface area contributed by atoms with Crippen LogP contribution in [0.1, 0.15) is 24.9 Å². The summed E-state index contributed by atoms with van der Waals surface area (Å²) in [5.74, 6) is 1.58. The molecule has 1 aliphatic heterocycles. The van der Waals surface area contributed by atoms with E-state index < -0.39 is 0 Å². The van der Waals surface area contributed by atoms with Gasteiger partial charge in [0.05, 0.1) is 5.92 Å². The Hall–Kier alpha value is -1.78. The molecule has 2 heterocycles. The van der Waals surface area contributed by atoms with Crippen LogP contribution >= 0.6 is 0 Å². The average molecular weight is 264 g/mol. The number of amides is 2. The molecule has 1 saturated heterocycles. The van der Waals surface area contributed by atoms with Crippen molar-refractivity contribution in [3.05, 3.63) is 23.7 Å². The summed E-state index contributed by atoms with van der Waals surface area (Å²) in [6.07, 6.45) is 1.01. The smallest absolute Gasteiger partial charge is 0.225 e. The zero-order valence-corrected chi connectivity index (χ0v) is 11.4. The molecular formula is C14H20N2O3. The van der Waals surface area contributed by atoms with Gasteiger partial charge in [-0.15, -0.1) is 0 Å². The Labute approximate surface area is 113 Å². The van der Waals surface area contributed by atoms with Crippen molar-refractivity contribution in [1.29, 1.82) is 0 Å². The van der Waals surface area contributed by atoms with E-state index in [2.05, 4.69) is 5.32 Å². The van der Waals surface area contributed by atoms with Crippen LogP contribution in [0.25, 0.3) is 0 Å². The number of furan rings is 1. The molecule has 1 aromatic rings. The van der Waals surface area contributed by atoms with E-state index in [4.69, 9.17) is 4.42 Å². The van der Waals surface area contributed by atoms with Crippen LogP contribution in [0.3, 0.4) is 0 Å². The molecule has 1 unspecified atom stereocenters. The Morgan fingerprint density at radius 1 is 1.53 bits per heavy atom. The maximum absolute atomic E-state index is 11.9. The van der Waals surface area contributed by atoms with Gasteiger partial charge in [0.2, 0.25) is 11.8 Å². The number of hydrogen-bond donors (Lipinski definition) is 1. The third-order valence-electron chi connectivity index (χ3n) is 3.43. The van der Waals surface area contributed by atoms with Crippen LogP contribution in [-0.2, 0) is 16.0 Å². The fourth-order valence-corrected chi connectivity index (χ4v) is 2.33. The molecule has 2 rings (SSSR count). The maximum Gasteiger partial charge on any atom is 0.225 e. The van der Waals surface area contributed by atoms with E-state index in [-0.39, 0.29) is 17.7 Å². The summed E-state index contributed by atoms with van der Waals surface area (Å²) in [7, 11) is 0. The van der Waals surface area contributed by atoms with Gasteiger partial charge in [0.1, 0.15) is 11.5 Å². The van der Waals surface area contributed by atoms with Crippen molar-refractivity contribution in [2.45, 2.75) is 26.7 Å². The first-order valence-corrected chi connectivity index (χ1v) is 6.71. The summed E-state index contributed by atoms with van der Waals surface area (Å²) in [4.78, 5) is 25.2. The standard InChI is InChI=1S/C14H20N2O3/c1-3-16-9-11(8-13(16)17)14(18)15-7-6-12-5-4-10(2)19-12/h4-5,11H,3,6-9H2,1-2H3,(H,15,18). The van der Waals surface area contributed by atoms with E-state index >= 15 is 0 Å². The molecule has 0 aliphatic carbocycles. The molecule has 1 aliphatic rings. The zero-order chi connectivity index (χ0) is 13.8. The highest BCUT2D eigenvalue weighted by molar-refractivity contribution is 5.89. The molecule has 19 heavy (non-hydrogen) atoms. The van der Waals surface area contributed by atoms with Crippen LogP contribution < -0.4 is 5.32 Å². The van der Waals surface area contributed by atoms with Crippen LogP contribution in [0, 0.1) is 12.8 Å². The van der Waals surface area contributed by atoms with E-state index in [9.17, 15) is 9.59 Å². The zero-order valence-electron chi connectivity index (χ0n) is 11.4. The van der Waals surface area contributed by atoms with Gasteiger partial charge < -0.3 is 14.6 Å². The van der Waals surface area contributed by atoms with Crippen molar-refractivity contribution >= 4 is 11.8 Å². The summed E-state index contributed by atoms with van der Waals surface area (Å²) >= 11 is 0. The van der Waals surface area contributed by atoms with Gasteiger partial charge in [-0.1, -0.05) is 0 Å². The normalized spacial score (nSPS) is 18.9. The highest BCUT2D eigenvalue weighted by Gasteiger charge is 2.32. The molecule has 0 spiro atoms. The van der Waals surface area contributed by atoms with Crippen molar-refractivity contribution in [2.24, 2.45) is 5.92 Å². The van der Waals surface area contributed by atoms with Crippen LogP contribution in [0.15, 0.2) is 16.5 Å². The van der Waals surface area contributed by atoms with E-state index in [0.717, 1.165) is 11.5 Å². The predicted molar refractivity (Wildman–Crippen MR) is 70.5 cm³/mol. The largest absolute Gasteiger partial charge is 0.466 e. The lowest BCUT2D eigenvalue weighted by molar-refractivity contribution is -0.128. The SMILES string of the molecule is CCN1CC(C(=O)NCCc2ccc(C)o2)CC1=O. The van der Waals surface area contributed by atoms with Crippen LogP contribution in [0.2, 0.25) is 0 Å². The molecule has 1 atom stereocenters. The minimum atomic E-state index is -0.203. The van der Waals surface area contributed by atoms with Gasteiger partial charge in [-0.3, -0.25) is 9.59 Å². The van der Waals surface area contributed by atoms with Gasteiger partial charge >= 0.3 is 0 Å². The second kappa shape index (κ2) is 5.91. The third kappa shape index (κ3) is 3.36. The van der Waals surface area contributed by atoms with Gasteiger partial charge in [-0.05, 0) is 26.0 Å². The van der Waals surface area contributed by atoms with E-state index in [0.29, 0.717) is 32.5 Å². The van der Waals surface area contributed by atoms with E-state index in [1.54, 1.807) is 4.90 Å². The minimum Gasteiger partial charge on any atom is -0.466 e. The lowest BCUT2D eigenvalue weighted by atomic mass is 10.1. The number of rotatable bonds is 5. The highest BCUT2D eigenvalue weighted by atomic mass is 16.3. The molecule has 1 fully saturated rings. The Morgan fingerprint density at radius 3 is 2.89 bits per heavy atom. The van der Waals surface area contributed by atoms with Gasteiger partial charge in [-0.25, -0.2) is 0 Å². The molecule has 2 amide bonds. The molecule has 0 bridgehead atoms. The second-order valence-corrected chi connectivity index (χ2v) is 4.89. The molecule has 0 radical (unpaired) electrons. The van der Waals surface area contributed by atoms with Crippen LogP contribution in [0.4, 0.5) is 0 Å². The lowest BCUT2D eigenvalue weighted by Crippen LogP contribution is -2.34. The maximum atomic E-state index is 11.9. The summed E-state index contributed by atoms with van der Waals surface area (Å²) in [5.41, 5.74) is 0. The molecule has 1 aromatic heterocycles.